The molecule has 1 rings (SSSR count). The van der Waals surface area contributed by atoms with Gasteiger partial charge in [0, 0.05) is 19.5 Å². The zero-order chi connectivity index (χ0) is 14.4. The van der Waals surface area contributed by atoms with Gasteiger partial charge >= 0.3 is 6.03 Å². The van der Waals surface area contributed by atoms with Crippen molar-refractivity contribution in [3.8, 4) is 0 Å². The molecular weight excluding hydrogens is 268 g/mol. The number of oxime groups is 1. The van der Waals surface area contributed by atoms with Crippen LogP contribution in [0.25, 0.3) is 0 Å². The topological polar surface area (TPSA) is 91.0 Å². The molecule has 1 aromatic carbocycles. The molecule has 104 valence electrons. The number of benzene rings is 1. The molecule has 0 heterocycles. The van der Waals surface area contributed by atoms with E-state index in [9.17, 15) is 4.79 Å². The molecule has 0 aliphatic rings. The summed E-state index contributed by atoms with van der Waals surface area (Å²) in [5.41, 5.74) is 6.00. The van der Waals surface area contributed by atoms with Crippen LogP contribution in [0.3, 0.4) is 0 Å². The summed E-state index contributed by atoms with van der Waals surface area (Å²) in [6.45, 7) is 2.08. The van der Waals surface area contributed by atoms with Gasteiger partial charge in [-0.2, -0.15) is 0 Å². The standard InChI is InChI=1S/C12H17ClN4O2/c1-8(11(14)16-19)7-17(2)12(18)15-10-6-4-3-5-9(10)13/h3-6,8,19H,7H2,1-2H3,(H2,14,16)(H,15,18). The SMILES string of the molecule is CC(CN(C)C(=O)Nc1ccccc1Cl)C(N)=NO. The Hall–Kier alpha value is -1.95. The highest BCUT2D eigenvalue weighted by atomic mass is 35.5. The molecule has 1 aromatic rings. The molecule has 0 aliphatic carbocycles. The summed E-state index contributed by atoms with van der Waals surface area (Å²) < 4.78 is 0. The summed E-state index contributed by atoms with van der Waals surface area (Å²) in [5, 5.41) is 14.6. The summed E-state index contributed by atoms with van der Waals surface area (Å²) in [5.74, 6) is -0.163. The molecule has 6 nitrogen and oxygen atoms in total. The van der Waals surface area contributed by atoms with Gasteiger partial charge in [0.25, 0.3) is 0 Å². The fourth-order valence-electron chi connectivity index (χ4n) is 1.46. The Kier molecular flexibility index (Phi) is 5.44. The predicted octanol–water partition coefficient (Wildman–Crippen LogP) is 2.19. The van der Waals surface area contributed by atoms with Crippen molar-refractivity contribution in [1.29, 1.82) is 0 Å². The Morgan fingerprint density at radius 3 is 2.79 bits per heavy atom. The van der Waals surface area contributed by atoms with Crippen molar-refractivity contribution in [3.63, 3.8) is 0 Å². The maximum Gasteiger partial charge on any atom is 0.321 e. The van der Waals surface area contributed by atoms with E-state index in [1.807, 2.05) is 0 Å². The number of halogens is 1. The summed E-state index contributed by atoms with van der Waals surface area (Å²) in [6.07, 6.45) is 0. The van der Waals surface area contributed by atoms with Gasteiger partial charge < -0.3 is 21.2 Å². The van der Waals surface area contributed by atoms with E-state index < -0.39 is 0 Å². The average molecular weight is 285 g/mol. The largest absolute Gasteiger partial charge is 0.409 e. The first kappa shape index (κ1) is 15.1. The molecule has 0 aliphatic heterocycles. The monoisotopic (exact) mass is 284 g/mol. The van der Waals surface area contributed by atoms with E-state index in [-0.39, 0.29) is 17.8 Å². The van der Waals surface area contributed by atoms with E-state index in [4.69, 9.17) is 22.5 Å². The minimum atomic E-state index is -0.314. The van der Waals surface area contributed by atoms with Gasteiger partial charge in [0.2, 0.25) is 0 Å². The number of nitrogens with zero attached hydrogens (tertiary/aromatic N) is 2. The second kappa shape index (κ2) is 6.84. The number of nitrogens with one attached hydrogen (secondary N) is 1. The summed E-state index contributed by atoms with van der Waals surface area (Å²) >= 11 is 5.95. The first-order valence-electron chi connectivity index (χ1n) is 5.69. The van der Waals surface area contributed by atoms with Crippen LogP contribution >= 0.6 is 11.6 Å². The molecule has 7 heteroatoms. The summed E-state index contributed by atoms with van der Waals surface area (Å²) in [6, 6.07) is 6.64. The second-order valence-corrected chi connectivity index (χ2v) is 4.62. The molecule has 1 atom stereocenters. The van der Waals surface area contributed by atoms with Gasteiger partial charge in [-0.3, -0.25) is 0 Å². The molecule has 0 saturated carbocycles. The van der Waals surface area contributed by atoms with E-state index in [2.05, 4.69) is 10.5 Å². The van der Waals surface area contributed by atoms with Gasteiger partial charge in [-0.1, -0.05) is 35.8 Å². The van der Waals surface area contributed by atoms with Crippen LogP contribution < -0.4 is 11.1 Å². The highest BCUT2D eigenvalue weighted by Gasteiger charge is 2.16. The van der Waals surface area contributed by atoms with Crippen LogP contribution in [0.4, 0.5) is 10.5 Å². The Labute approximate surface area is 116 Å². The number of anilines is 1. The van der Waals surface area contributed by atoms with Crippen LogP contribution in [0.5, 0.6) is 0 Å². The van der Waals surface area contributed by atoms with Crippen molar-refractivity contribution in [3.05, 3.63) is 29.3 Å². The third-order valence-electron chi connectivity index (χ3n) is 2.63. The molecule has 4 N–H and O–H groups in total. The first-order chi connectivity index (χ1) is 8.95. The number of urea groups is 1. The van der Waals surface area contributed by atoms with Crippen molar-refractivity contribution >= 4 is 29.2 Å². The van der Waals surface area contributed by atoms with Gasteiger partial charge in [-0.15, -0.1) is 0 Å². The zero-order valence-corrected chi connectivity index (χ0v) is 11.6. The van der Waals surface area contributed by atoms with Crippen molar-refractivity contribution in [2.24, 2.45) is 16.8 Å². The molecule has 0 aromatic heterocycles. The number of amidine groups is 1. The molecular formula is C12H17ClN4O2. The number of rotatable bonds is 4. The number of nitrogens with two attached hydrogens (primary N) is 1. The predicted molar refractivity (Wildman–Crippen MR) is 75.7 cm³/mol. The minimum Gasteiger partial charge on any atom is -0.409 e. The normalized spacial score (nSPS) is 12.9. The van der Waals surface area contributed by atoms with Crippen LogP contribution in [0, 0.1) is 5.92 Å². The lowest BCUT2D eigenvalue weighted by molar-refractivity contribution is 0.219. The molecule has 1 unspecified atom stereocenters. The Balaban J connectivity index is 2.61. The third-order valence-corrected chi connectivity index (χ3v) is 2.96. The maximum absolute atomic E-state index is 11.9. The Bertz CT molecular complexity index is 479. The Morgan fingerprint density at radius 2 is 2.21 bits per heavy atom. The van der Waals surface area contributed by atoms with Gasteiger partial charge in [-0.05, 0) is 12.1 Å². The van der Waals surface area contributed by atoms with Crippen molar-refractivity contribution in [2.75, 3.05) is 18.9 Å². The lowest BCUT2D eigenvalue weighted by Crippen LogP contribution is -2.38. The van der Waals surface area contributed by atoms with E-state index in [1.165, 1.54) is 4.90 Å². The van der Waals surface area contributed by atoms with Crippen LogP contribution in [-0.2, 0) is 0 Å². The lowest BCUT2D eigenvalue weighted by Gasteiger charge is -2.21. The van der Waals surface area contributed by atoms with Gasteiger partial charge in [0.15, 0.2) is 0 Å². The number of hydrogen-bond donors (Lipinski definition) is 3. The van der Waals surface area contributed by atoms with E-state index >= 15 is 0 Å². The maximum atomic E-state index is 11.9. The van der Waals surface area contributed by atoms with Gasteiger partial charge in [0.1, 0.15) is 5.84 Å². The molecule has 0 spiro atoms. The fourth-order valence-corrected chi connectivity index (χ4v) is 1.64. The first-order valence-corrected chi connectivity index (χ1v) is 6.07. The second-order valence-electron chi connectivity index (χ2n) is 4.22. The molecule has 2 amide bonds. The smallest absolute Gasteiger partial charge is 0.321 e. The highest BCUT2D eigenvalue weighted by molar-refractivity contribution is 6.33. The highest BCUT2D eigenvalue weighted by Crippen LogP contribution is 2.20. The molecule has 0 fully saturated rings. The summed E-state index contributed by atoms with van der Waals surface area (Å²) in [4.78, 5) is 13.4. The van der Waals surface area contributed by atoms with E-state index in [1.54, 1.807) is 38.2 Å². The number of carbonyl (C=O) groups excluding carboxylic acids is 1. The number of hydrogen-bond acceptors (Lipinski definition) is 3. The summed E-state index contributed by atoms with van der Waals surface area (Å²) in [7, 11) is 1.62. The molecule has 19 heavy (non-hydrogen) atoms. The Morgan fingerprint density at radius 1 is 1.58 bits per heavy atom. The van der Waals surface area contributed by atoms with Crippen LogP contribution in [0.1, 0.15) is 6.92 Å². The third kappa shape index (κ3) is 4.33. The number of carbonyl (C=O) groups is 1. The number of amides is 2. The van der Waals surface area contributed by atoms with Crippen molar-refractivity contribution in [1.82, 2.24) is 4.90 Å². The van der Waals surface area contributed by atoms with Crippen LogP contribution in [0.2, 0.25) is 5.02 Å². The van der Waals surface area contributed by atoms with Crippen LogP contribution in [0.15, 0.2) is 29.4 Å². The molecule has 0 radical (unpaired) electrons. The molecule has 0 bridgehead atoms. The zero-order valence-electron chi connectivity index (χ0n) is 10.8. The van der Waals surface area contributed by atoms with Gasteiger partial charge in [-0.25, -0.2) is 4.79 Å². The molecule has 0 saturated heterocycles. The van der Waals surface area contributed by atoms with Crippen molar-refractivity contribution in [2.45, 2.75) is 6.92 Å². The van der Waals surface area contributed by atoms with E-state index in [0.29, 0.717) is 17.3 Å². The quantitative estimate of drug-likeness (QED) is 0.342. The van der Waals surface area contributed by atoms with Gasteiger partial charge in [0.05, 0.1) is 10.7 Å². The average Bonchev–Trinajstić information content (AvgIpc) is 2.40. The fraction of sp³-hybridized carbons (Fsp3) is 0.333. The number of para-hydroxylation sites is 1. The minimum absolute atomic E-state index is 0.0809. The van der Waals surface area contributed by atoms with Crippen molar-refractivity contribution < 1.29 is 10.0 Å². The van der Waals surface area contributed by atoms with Crippen LogP contribution in [-0.4, -0.2) is 35.6 Å². The lowest BCUT2D eigenvalue weighted by atomic mass is 10.1. The van der Waals surface area contributed by atoms with E-state index in [0.717, 1.165) is 0 Å².